The van der Waals surface area contributed by atoms with Gasteiger partial charge in [0.15, 0.2) is 0 Å². The second-order valence-corrected chi connectivity index (χ2v) is 6.90. The van der Waals surface area contributed by atoms with Gasteiger partial charge in [-0.25, -0.2) is 0 Å². The van der Waals surface area contributed by atoms with Gasteiger partial charge < -0.3 is 9.42 Å². The van der Waals surface area contributed by atoms with Crippen molar-refractivity contribution in [3.63, 3.8) is 0 Å². The molecule has 4 rings (SSSR count). The Morgan fingerprint density at radius 2 is 2.00 bits per heavy atom. The summed E-state index contributed by atoms with van der Waals surface area (Å²) in [6.07, 6.45) is 1.65. The van der Waals surface area contributed by atoms with Crippen molar-refractivity contribution in [1.29, 1.82) is 0 Å². The zero-order valence-corrected chi connectivity index (χ0v) is 15.1. The highest BCUT2D eigenvalue weighted by molar-refractivity contribution is 6.30. The van der Waals surface area contributed by atoms with Gasteiger partial charge in [0.1, 0.15) is 0 Å². The molecular formula is C20H18ClN3O2. The number of hydrogen-bond acceptors (Lipinski definition) is 4. The second-order valence-electron chi connectivity index (χ2n) is 6.46. The molecule has 1 amide bonds. The van der Waals surface area contributed by atoms with Crippen molar-refractivity contribution in [3.05, 3.63) is 65.0 Å². The van der Waals surface area contributed by atoms with Crippen LogP contribution in [0, 0.1) is 0 Å². The third-order valence-electron chi connectivity index (χ3n) is 4.60. The first kappa shape index (κ1) is 16.8. The van der Waals surface area contributed by atoms with Crippen LogP contribution in [0.1, 0.15) is 24.8 Å². The van der Waals surface area contributed by atoms with Crippen LogP contribution < -0.4 is 4.90 Å². The first-order valence-corrected chi connectivity index (χ1v) is 8.98. The summed E-state index contributed by atoms with van der Waals surface area (Å²) < 4.78 is 5.29. The molecule has 5 nitrogen and oxygen atoms in total. The Bertz CT molecular complexity index is 936. The van der Waals surface area contributed by atoms with Crippen molar-refractivity contribution in [2.24, 2.45) is 0 Å². The molecule has 0 unspecified atom stereocenters. The lowest BCUT2D eigenvalue weighted by atomic mass is 10.1. The molecule has 3 aromatic rings. The number of halogens is 1. The average Bonchev–Trinajstić information content (AvgIpc) is 3.24. The van der Waals surface area contributed by atoms with Crippen molar-refractivity contribution >= 4 is 23.2 Å². The predicted molar refractivity (Wildman–Crippen MR) is 100 cm³/mol. The van der Waals surface area contributed by atoms with Gasteiger partial charge in [0.25, 0.3) is 0 Å². The normalized spacial score (nSPS) is 15.9. The van der Waals surface area contributed by atoms with Crippen molar-refractivity contribution in [2.45, 2.75) is 32.2 Å². The largest absolute Gasteiger partial charge is 0.339 e. The lowest BCUT2D eigenvalue weighted by Gasteiger charge is -2.22. The minimum Gasteiger partial charge on any atom is -0.339 e. The zero-order chi connectivity index (χ0) is 18.1. The Balaban J connectivity index is 1.43. The van der Waals surface area contributed by atoms with Crippen LogP contribution in [-0.2, 0) is 17.6 Å². The van der Waals surface area contributed by atoms with Crippen LogP contribution in [-0.4, -0.2) is 22.1 Å². The fraction of sp³-hybridized carbons (Fsp3) is 0.250. The minimum atomic E-state index is 0.0775. The molecular weight excluding hydrogens is 350 g/mol. The highest BCUT2D eigenvalue weighted by Gasteiger charge is 2.30. The van der Waals surface area contributed by atoms with Crippen LogP contribution in [0.3, 0.4) is 0 Å². The summed E-state index contributed by atoms with van der Waals surface area (Å²) in [6, 6.07) is 15.5. The molecule has 0 N–H and O–H groups in total. The number of aromatic nitrogens is 2. The van der Waals surface area contributed by atoms with Crippen molar-refractivity contribution in [1.82, 2.24) is 10.1 Å². The van der Waals surface area contributed by atoms with E-state index in [0.29, 0.717) is 29.6 Å². The van der Waals surface area contributed by atoms with Crippen LogP contribution in [0.15, 0.2) is 53.1 Å². The van der Waals surface area contributed by atoms with Crippen molar-refractivity contribution < 1.29 is 9.32 Å². The van der Waals surface area contributed by atoms with Gasteiger partial charge in [-0.15, -0.1) is 0 Å². The maximum atomic E-state index is 12.7. The van der Waals surface area contributed by atoms with Crippen LogP contribution in [0.2, 0.25) is 5.02 Å². The molecule has 0 spiro atoms. The van der Waals surface area contributed by atoms with Gasteiger partial charge in [-0.1, -0.05) is 35.0 Å². The van der Waals surface area contributed by atoms with Crippen LogP contribution in [0.25, 0.3) is 11.4 Å². The number of carbonyl (C=O) groups is 1. The van der Waals surface area contributed by atoms with E-state index in [1.165, 1.54) is 5.56 Å². The summed E-state index contributed by atoms with van der Waals surface area (Å²) >= 11 is 5.89. The predicted octanol–water partition coefficient (Wildman–Crippen LogP) is 4.30. The third-order valence-corrected chi connectivity index (χ3v) is 4.85. The number of amides is 1. The molecule has 0 bridgehead atoms. The SMILES string of the molecule is C[C@H]1Cc2ccccc2N1C(=O)CCc1nc(-c2ccc(Cl)cc2)no1. The molecule has 1 aliphatic heterocycles. The topological polar surface area (TPSA) is 59.2 Å². The van der Waals surface area contributed by atoms with E-state index in [9.17, 15) is 4.79 Å². The zero-order valence-electron chi connectivity index (χ0n) is 14.4. The van der Waals surface area contributed by atoms with Crippen molar-refractivity contribution in [2.75, 3.05) is 4.90 Å². The molecule has 132 valence electrons. The minimum absolute atomic E-state index is 0.0775. The lowest BCUT2D eigenvalue weighted by molar-refractivity contribution is -0.118. The van der Waals surface area contributed by atoms with Gasteiger partial charge in [0.05, 0.1) is 0 Å². The van der Waals surface area contributed by atoms with E-state index in [2.05, 4.69) is 23.1 Å². The fourth-order valence-corrected chi connectivity index (χ4v) is 3.48. The average molecular weight is 368 g/mol. The molecule has 6 heteroatoms. The van der Waals surface area contributed by atoms with E-state index in [-0.39, 0.29) is 11.9 Å². The molecule has 2 aromatic carbocycles. The van der Waals surface area contributed by atoms with Gasteiger partial charge in [-0.3, -0.25) is 4.79 Å². The van der Waals surface area contributed by atoms with Gasteiger partial charge in [-0.05, 0) is 49.2 Å². The molecule has 26 heavy (non-hydrogen) atoms. The first-order valence-electron chi connectivity index (χ1n) is 8.60. The summed E-state index contributed by atoms with van der Waals surface area (Å²) in [5.41, 5.74) is 3.06. The van der Waals surface area contributed by atoms with Gasteiger partial charge >= 0.3 is 0 Å². The summed E-state index contributed by atoms with van der Waals surface area (Å²) in [4.78, 5) is 19.0. The van der Waals surface area contributed by atoms with E-state index >= 15 is 0 Å². The van der Waals surface area contributed by atoms with Crippen LogP contribution >= 0.6 is 11.6 Å². The highest BCUT2D eigenvalue weighted by Crippen LogP contribution is 2.32. The van der Waals surface area contributed by atoms with E-state index in [1.54, 1.807) is 12.1 Å². The lowest BCUT2D eigenvalue weighted by Crippen LogP contribution is -2.35. The summed E-state index contributed by atoms with van der Waals surface area (Å²) in [5, 5.41) is 4.64. The molecule has 0 radical (unpaired) electrons. The Morgan fingerprint density at radius 1 is 1.23 bits per heavy atom. The van der Waals surface area contributed by atoms with Gasteiger partial charge in [0.2, 0.25) is 17.6 Å². The Labute approximate surface area is 156 Å². The van der Waals surface area contributed by atoms with Gasteiger partial charge in [-0.2, -0.15) is 4.98 Å². The number of carbonyl (C=O) groups excluding carboxylic acids is 1. The van der Waals surface area contributed by atoms with Crippen LogP contribution in [0.4, 0.5) is 5.69 Å². The number of para-hydroxylation sites is 1. The number of nitrogens with zero attached hydrogens (tertiary/aromatic N) is 3. The number of rotatable bonds is 4. The van der Waals surface area contributed by atoms with E-state index in [4.69, 9.17) is 16.1 Å². The smallest absolute Gasteiger partial charge is 0.227 e. The fourth-order valence-electron chi connectivity index (χ4n) is 3.35. The molecule has 1 aliphatic rings. The van der Waals surface area contributed by atoms with Crippen molar-refractivity contribution in [3.8, 4) is 11.4 Å². The Hall–Kier alpha value is -2.66. The maximum Gasteiger partial charge on any atom is 0.227 e. The number of hydrogen-bond donors (Lipinski definition) is 0. The molecule has 0 saturated heterocycles. The maximum absolute atomic E-state index is 12.7. The number of fused-ring (bicyclic) bond motifs is 1. The monoisotopic (exact) mass is 367 g/mol. The van der Waals surface area contributed by atoms with E-state index in [1.807, 2.05) is 35.2 Å². The Morgan fingerprint density at radius 3 is 2.81 bits per heavy atom. The molecule has 2 heterocycles. The quantitative estimate of drug-likeness (QED) is 0.689. The molecule has 0 aliphatic carbocycles. The second kappa shape index (κ2) is 6.92. The summed E-state index contributed by atoms with van der Waals surface area (Å²) in [7, 11) is 0. The number of aryl methyl sites for hydroxylation is 1. The number of anilines is 1. The Kier molecular flexibility index (Phi) is 4.47. The molecule has 1 atom stereocenters. The highest BCUT2D eigenvalue weighted by atomic mass is 35.5. The van der Waals surface area contributed by atoms with E-state index < -0.39 is 0 Å². The standard InChI is InChI=1S/C20H18ClN3O2/c1-13-12-15-4-2-3-5-17(15)24(13)19(25)11-10-18-22-20(23-26-18)14-6-8-16(21)9-7-14/h2-9,13H,10-12H2,1H3/t13-/m0/s1. The summed E-state index contributed by atoms with van der Waals surface area (Å²) in [6.45, 7) is 2.07. The number of benzene rings is 2. The first-order chi connectivity index (χ1) is 12.6. The molecule has 0 fully saturated rings. The molecule has 0 saturated carbocycles. The van der Waals surface area contributed by atoms with Crippen LogP contribution in [0.5, 0.6) is 0 Å². The third kappa shape index (κ3) is 3.22. The summed E-state index contributed by atoms with van der Waals surface area (Å²) in [5.74, 6) is 1.04. The molecule has 1 aromatic heterocycles. The van der Waals surface area contributed by atoms with Gasteiger partial charge in [0, 0.05) is 35.2 Å². The van der Waals surface area contributed by atoms with E-state index in [0.717, 1.165) is 17.7 Å².